The molecule has 5 nitrogen and oxygen atoms in total. The molecule has 1 aliphatic heterocycles. The number of hydrogen-bond donors (Lipinski definition) is 1. The maximum Gasteiger partial charge on any atom is 0.412 e. The van der Waals surface area contributed by atoms with Crippen LogP contribution in [-0.2, 0) is 11.2 Å². The molecular weight excluding hydrogens is 350 g/mol. The molecule has 6 heteroatoms. The first-order valence-electron chi connectivity index (χ1n) is 7.38. The molecule has 0 fully saturated rings. The summed E-state index contributed by atoms with van der Waals surface area (Å²) in [4.78, 5) is 11.9. The Labute approximate surface area is 139 Å². The quantitative estimate of drug-likeness (QED) is 0.808. The van der Waals surface area contributed by atoms with Crippen LogP contribution in [0.4, 0.5) is 10.5 Å². The molecule has 22 heavy (non-hydrogen) atoms. The topological polar surface area (TPSA) is 56.8 Å². The van der Waals surface area contributed by atoms with Gasteiger partial charge in [-0.25, -0.2) is 4.79 Å². The molecule has 0 aliphatic carbocycles. The largest absolute Gasteiger partial charge is 0.492 e. The minimum absolute atomic E-state index is 0.488. The predicted molar refractivity (Wildman–Crippen MR) is 89.4 cm³/mol. The van der Waals surface area contributed by atoms with Gasteiger partial charge in [0, 0.05) is 10.9 Å². The Morgan fingerprint density at radius 3 is 2.86 bits per heavy atom. The molecule has 1 aliphatic rings. The van der Waals surface area contributed by atoms with Crippen molar-refractivity contribution in [3.05, 3.63) is 17.7 Å². The van der Waals surface area contributed by atoms with E-state index in [2.05, 4.69) is 21.2 Å². The van der Waals surface area contributed by atoms with Gasteiger partial charge in [-0.15, -0.1) is 0 Å². The molecule has 122 valence electrons. The van der Waals surface area contributed by atoms with Gasteiger partial charge in [0.05, 0.1) is 18.9 Å². The summed E-state index contributed by atoms with van der Waals surface area (Å²) in [5, 5.41) is 3.52. The maximum absolute atomic E-state index is 11.9. The summed E-state index contributed by atoms with van der Waals surface area (Å²) >= 11 is 3.35. The zero-order chi connectivity index (χ0) is 16.2. The van der Waals surface area contributed by atoms with Gasteiger partial charge in [0.15, 0.2) is 0 Å². The van der Waals surface area contributed by atoms with E-state index in [9.17, 15) is 4.79 Å². The van der Waals surface area contributed by atoms with Crippen LogP contribution in [0, 0.1) is 0 Å². The monoisotopic (exact) mass is 371 g/mol. The Kier molecular flexibility index (Phi) is 5.56. The van der Waals surface area contributed by atoms with Crippen molar-refractivity contribution in [3.8, 4) is 11.5 Å². The fraction of sp³-hybridized carbons (Fsp3) is 0.562. The number of ether oxygens (including phenoxy) is 3. The van der Waals surface area contributed by atoms with Crippen LogP contribution in [0.2, 0.25) is 0 Å². The number of rotatable bonds is 4. The molecule has 1 amide bonds. The fourth-order valence-corrected chi connectivity index (χ4v) is 2.39. The zero-order valence-corrected chi connectivity index (χ0v) is 14.8. The highest BCUT2D eigenvalue weighted by Crippen LogP contribution is 2.39. The summed E-state index contributed by atoms with van der Waals surface area (Å²) in [5.74, 6) is 1.49. The van der Waals surface area contributed by atoms with Gasteiger partial charge in [0.1, 0.15) is 17.1 Å². The van der Waals surface area contributed by atoms with Gasteiger partial charge in [0.25, 0.3) is 0 Å². The molecule has 0 atom stereocenters. The minimum Gasteiger partial charge on any atom is -0.492 e. The molecule has 0 saturated heterocycles. The van der Waals surface area contributed by atoms with Crippen molar-refractivity contribution in [2.75, 3.05) is 23.9 Å². The Morgan fingerprint density at radius 2 is 2.18 bits per heavy atom. The lowest BCUT2D eigenvalue weighted by atomic mass is 10.0. The van der Waals surface area contributed by atoms with Crippen LogP contribution in [0.3, 0.4) is 0 Å². The number of carbonyl (C=O) groups excluding carboxylic acids is 1. The van der Waals surface area contributed by atoms with E-state index in [0.717, 1.165) is 29.5 Å². The van der Waals surface area contributed by atoms with E-state index in [1.165, 1.54) is 0 Å². The number of anilines is 1. The third-order valence-corrected chi connectivity index (χ3v) is 3.33. The van der Waals surface area contributed by atoms with E-state index >= 15 is 0 Å². The molecule has 1 aromatic carbocycles. The van der Waals surface area contributed by atoms with Crippen molar-refractivity contribution in [1.82, 2.24) is 0 Å². The lowest BCUT2D eigenvalue weighted by Gasteiger charge is -2.24. The molecule has 1 aromatic rings. The number of amides is 1. The first-order chi connectivity index (χ1) is 10.4. The van der Waals surface area contributed by atoms with E-state index in [4.69, 9.17) is 14.2 Å². The summed E-state index contributed by atoms with van der Waals surface area (Å²) < 4.78 is 16.8. The van der Waals surface area contributed by atoms with Crippen molar-refractivity contribution in [2.45, 2.75) is 39.2 Å². The Balaban J connectivity index is 2.20. The second kappa shape index (κ2) is 7.22. The number of carbonyl (C=O) groups is 1. The van der Waals surface area contributed by atoms with Crippen LogP contribution in [0.1, 0.15) is 32.8 Å². The molecular formula is C16H22BrNO4. The average Bonchev–Trinajstić information content (AvgIpc) is 2.44. The third-order valence-electron chi connectivity index (χ3n) is 3.01. The van der Waals surface area contributed by atoms with E-state index in [1.807, 2.05) is 26.8 Å². The van der Waals surface area contributed by atoms with Gasteiger partial charge in [-0.3, -0.25) is 5.32 Å². The number of fused-ring (bicyclic) bond motifs is 1. The van der Waals surface area contributed by atoms with Gasteiger partial charge in [-0.2, -0.15) is 0 Å². The van der Waals surface area contributed by atoms with Gasteiger partial charge in [-0.1, -0.05) is 15.9 Å². The molecule has 0 unspecified atom stereocenters. The van der Waals surface area contributed by atoms with Crippen molar-refractivity contribution in [1.29, 1.82) is 0 Å². The normalized spacial score (nSPS) is 13.8. The van der Waals surface area contributed by atoms with Gasteiger partial charge >= 0.3 is 6.09 Å². The van der Waals surface area contributed by atoms with Gasteiger partial charge < -0.3 is 14.2 Å². The number of hydrogen-bond acceptors (Lipinski definition) is 4. The number of halogens is 1. The second-order valence-electron chi connectivity index (χ2n) is 6.04. The van der Waals surface area contributed by atoms with Crippen molar-refractivity contribution in [3.63, 3.8) is 0 Å². The third kappa shape index (κ3) is 4.53. The van der Waals surface area contributed by atoms with Crippen LogP contribution < -0.4 is 14.8 Å². The number of benzene rings is 1. The summed E-state index contributed by atoms with van der Waals surface area (Å²) in [7, 11) is 0. The molecule has 0 radical (unpaired) electrons. The van der Waals surface area contributed by atoms with Crippen LogP contribution >= 0.6 is 15.9 Å². The van der Waals surface area contributed by atoms with E-state index < -0.39 is 11.7 Å². The molecule has 0 bridgehead atoms. The molecule has 1 N–H and O–H groups in total. The second-order valence-corrected chi connectivity index (χ2v) is 6.83. The maximum atomic E-state index is 11.9. The minimum atomic E-state index is -0.538. The van der Waals surface area contributed by atoms with Crippen molar-refractivity contribution < 1.29 is 19.0 Å². The van der Waals surface area contributed by atoms with Crippen molar-refractivity contribution >= 4 is 27.7 Å². The highest BCUT2D eigenvalue weighted by molar-refractivity contribution is 9.09. The number of nitrogens with one attached hydrogen (secondary N) is 1. The molecule has 0 spiro atoms. The van der Waals surface area contributed by atoms with E-state index in [-0.39, 0.29) is 0 Å². The molecule has 1 heterocycles. The lowest BCUT2D eigenvalue weighted by Crippen LogP contribution is -2.27. The molecule has 0 aromatic heterocycles. The highest BCUT2D eigenvalue weighted by atomic mass is 79.9. The fourth-order valence-electron chi connectivity index (χ4n) is 2.23. The number of alkyl halides is 1. The first-order valence-corrected chi connectivity index (χ1v) is 8.50. The smallest absolute Gasteiger partial charge is 0.412 e. The van der Waals surface area contributed by atoms with Gasteiger partial charge in [0.2, 0.25) is 0 Å². The summed E-state index contributed by atoms with van der Waals surface area (Å²) in [6.07, 6.45) is 1.32. The molecule has 0 saturated carbocycles. The highest BCUT2D eigenvalue weighted by Gasteiger charge is 2.22. The zero-order valence-electron chi connectivity index (χ0n) is 13.2. The summed E-state index contributed by atoms with van der Waals surface area (Å²) in [6.45, 7) is 6.71. The van der Waals surface area contributed by atoms with Crippen LogP contribution in [0.5, 0.6) is 11.5 Å². The van der Waals surface area contributed by atoms with E-state index in [0.29, 0.717) is 24.7 Å². The Hall–Kier alpha value is -1.43. The summed E-state index contributed by atoms with van der Waals surface area (Å²) in [5.41, 5.74) is 1.08. The Bertz CT molecular complexity index is 540. The van der Waals surface area contributed by atoms with Crippen LogP contribution in [0.15, 0.2) is 12.1 Å². The van der Waals surface area contributed by atoms with Crippen LogP contribution in [-0.4, -0.2) is 30.2 Å². The average molecular weight is 372 g/mol. The van der Waals surface area contributed by atoms with Gasteiger partial charge in [-0.05, 0) is 45.7 Å². The Morgan fingerprint density at radius 1 is 1.41 bits per heavy atom. The SMILES string of the molecule is CC(C)(C)OC(=O)Nc1ccc(OCCBr)c2c1OCCC2. The standard InChI is InChI=1S/C16H22BrNO4/c1-16(2,3)22-15(19)18-12-6-7-13(20-10-8-17)11-5-4-9-21-14(11)12/h6-7H,4-5,8-10H2,1-3H3,(H,18,19). The predicted octanol–water partition coefficient (Wildman–Crippen LogP) is 4.13. The van der Waals surface area contributed by atoms with Crippen molar-refractivity contribution in [2.24, 2.45) is 0 Å². The lowest BCUT2D eigenvalue weighted by molar-refractivity contribution is 0.0635. The van der Waals surface area contributed by atoms with Crippen LogP contribution in [0.25, 0.3) is 0 Å². The molecule has 2 rings (SSSR count). The first kappa shape index (κ1) is 16.9. The summed E-state index contributed by atoms with van der Waals surface area (Å²) in [6, 6.07) is 3.65. The van der Waals surface area contributed by atoms with E-state index in [1.54, 1.807) is 6.07 Å².